The summed E-state index contributed by atoms with van der Waals surface area (Å²) >= 11 is 5.39. The van der Waals surface area contributed by atoms with Gasteiger partial charge in [-0.25, -0.2) is 0 Å². The second-order valence-corrected chi connectivity index (χ2v) is 6.22. The van der Waals surface area contributed by atoms with Crippen LogP contribution in [0.15, 0.2) is 60.9 Å². The second-order valence-electron chi connectivity index (χ2n) is 5.81. The van der Waals surface area contributed by atoms with Gasteiger partial charge in [0.05, 0.1) is 18.4 Å². The van der Waals surface area contributed by atoms with Gasteiger partial charge in [0.1, 0.15) is 0 Å². The Morgan fingerprint density at radius 2 is 1.88 bits per heavy atom. The standard InChI is InChI=1S/C19H20N4S/c1-14-8-9-18(15(2)10-14)22-19(24)21-17-11-20-23(13-17)12-16-6-4-3-5-7-16/h3-11,13H,12H2,1-2H3,(H2,21,22,24). The highest BCUT2D eigenvalue weighted by atomic mass is 32.1. The molecule has 0 spiro atoms. The lowest BCUT2D eigenvalue weighted by Crippen LogP contribution is -2.19. The molecule has 0 aliphatic rings. The number of thiocarbonyl (C=S) groups is 1. The third-order valence-electron chi connectivity index (χ3n) is 3.71. The van der Waals surface area contributed by atoms with Gasteiger partial charge in [0, 0.05) is 11.9 Å². The normalized spacial score (nSPS) is 10.4. The van der Waals surface area contributed by atoms with E-state index in [9.17, 15) is 0 Å². The number of nitrogens with one attached hydrogen (secondary N) is 2. The van der Waals surface area contributed by atoms with E-state index in [0.29, 0.717) is 5.11 Å². The van der Waals surface area contributed by atoms with Crippen molar-refractivity contribution >= 4 is 28.7 Å². The molecule has 3 rings (SSSR count). The molecule has 3 aromatic rings. The number of hydrogen-bond acceptors (Lipinski definition) is 2. The molecule has 0 radical (unpaired) electrons. The van der Waals surface area contributed by atoms with E-state index >= 15 is 0 Å². The Morgan fingerprint density at radius 1 is 1.08 bits per heavy atom. The lowest BCUT2D eigenvalue weighted by atomic mass is 10.1. The Balaban J connectivity index is 1.61. The SMILES string of the molecule is Cc1ccc(NC(=S)Nc2cnn(Cc3ccccc3)c2)c(C)c1. The molecule has 2 N–H and O–H groups in total. The topological polar surface area (TPSA) is 41.9 Å². The molecule has 122 valence electrons. The van der Waals surface area contributed by atoms with Crippen molar-refractivity contribution in [1.29, 1.82) is 0 Å². The van der Waals surface area contributed by atoms with Crippen LogP contribution in [0.25, 0.3) is 0 Å². The van der Waals surface area contributed by atoms with E-state index in [1.807, 2.05) is 35.1 Å². The molecule has 0 aliphatic heterocycles. The predicted octanol–water partition coefficient (Wildman–Crippen LogP) is 4.36. The van der Waals surface area contributed by atoms with Crippen molar-refractivity contribution in [1.82, 2.24) is 9.78 Å². The van der Waals surface area contributed by atoms with Crippen LogP contribution in [0.3, 0.4) is 0 Å². The zero-order chi connectivity index (χ0) is 16.9. The Labute approximate surface area is 147 Å². The highest BCUT2D eigenvalue weighted by Gasteiger charge is 2.04. The highest BCUT2D eigenvalue weighted by Crippen LogP contribution is 2.16. The lowest BCUT2D eigenvalue weighted by molar-refractivity contribution is 0.687. The van der Waals surface area contributed by atoms with Crippen molar-refractivity contribution in [3.05, 3.63) is 77.6 Å². The van der Waals surface area contributed by atoms with Crippen LogP contribution in [0.4, 0.5) is 11.4 Å². The summed E-state index contributed by atoms with van der Waals surface area (Å²) in [5.41, 5.74) is 5.49. The number of aryl methyl sites for hydroxylation is 2. The number of hydrogen-bond donors (Lipinski definition) is 2. The number of rotatable bonds is 4. The van der Waals surface area contributed by atoms with Crippen LogP contribution in [0.5, 0.6) is 0 Å². The van der Waals surface area contributed by atoms with Crippen LogP contribution in [0.1, 0.15) is 16.7 Å². The fraction of sp³-hybridized carbons (Fsp3) is 0.158. The summed E-state index contributed by atoms with van der Waals surface area (Å²) in [6, 6.07) is 16.5. The zero-order valence-corrected chi connectivity index (χ0v) is 14.6. The van der Waals surface area contributed by atoms with Crippen LogP contribution >= 0.6 is 12.2 Å². The summed E-state index contributed by atoms with van der Waals surface area (Å²) < 4.78 is 1.89. The molecule has 0 aliphatic carbocycles. The maximum atomic E-state index is 5.39. The van der Waals surface area contributed by atoms with Crippen molar-refractivity contribution in [2.24, 2.45) is 0 Å². The molecule has 1 aromatic heterocycles. The van der Waals surface area contributed by atoms with Gasteiger partial charge in [0.15, 0.2) is 5.11 Å². The van der Waals surface area contributed by atoms with Gasteiger partial charge in [-0.3, -0.25) is 4.68 Å². The van der Waals surface area contributed by atoms with E-state index in [2.05, 4.69) is 53.8 Å². The minimum Gasteiger partial charge on any atom is -0.332 e. The molecule has 24 heavy (non-hydrogen) atoms. The zero-order valence-electron chi connectivity index (χ0n) is 13.8. The summed E-state index contributed by atoms with van der Waals surface area (Å²) in [6.45, 7) is 4.88. The minimum absolute atomic E-state index is 0.557. The maximum Gasteiger partial charge on any atom is 0.175 e. The summed E-state index contributed by atoms with van der Waals surface area (Å²) in [6.07, 6.45) is 3.72. The van der Waals surface area contributed by atoms with E-state index in [1.54, 1.807) is 6.20 Å². The number of aromatic nitrogens is 2. The van der Waals surface area contributed by atoms with Crippen molar-refractivity contribution in [3.8, 4) is 0 Å². The van der Waals surface area contributed by atoms with Gasteiger partial charge in [-0.1, -0.05) is 48.0 Å². The predicted molar refractivity (Wildman–Crippen MR) is 104 cm³/mol. The van der Waals surface area contributed by atoms with Crippen LogP contribution in [0.2, 0.25) is 0 Å². The molecule has 2 aromatic carbocycles. The molecule has 0 fully saturated rings. The van der Waals surface area contributed by atoms with Gasteiger partial charge < -0.3 is 10.6 Å². The number of benzene rings is 2. The Hall–Kier alpha value is -2.66. The van der Waals surface area contributed by atoms with E-state index < -0.39 is 0 Å². The van der Waals surface area contributed by atoms with Crippen molar-refractivity contribution < 1.29 is 0 Å². The van der Waals surface area contributed by atoms with Crippen LogP contribution in [-0.2, 0) is 6.54 Å². The fourth-order valence-corrected chi connectivity index (χ4v) is 2.75. The monoisotopic (exact) mass is 336 g/mol. The maximum absolute atomic E-state index is 5.39. The lowest BCUT2D eigenvalue weighted by Gasteiger charge is -2.11. The Bertz CT molecular complexity index is 840. The molecule has 0 unspecified atom stereocenters. The first-order valence-electron chi connectivity index (χ1n) is 7.82. The minimum atomic E-state index is 0.557. The highest BCUT2D eigenvalue weighted by molar-refractivity contribution is 7.80. The summed E-state index contributed by atoms with van der Waals surface area (Å²) in [5, 5.41) is 11.3. The van der Waals surface area contributed by atoms with Crippen LogP contribution in [-0.4, -0.2) is 14.9 Å². The molecule has 0 saturated carbocycles. The first kappa shape index (κ1) is 16.2. The first-order chi connectivity index (χ1) is 11.6. The van der Waals surface area contributed by atoms with Gasteiger partial charge in [-0.2, -0.15) is 5.10 Å². The average molecular weight is 336 g/mol. The van der Waals surface area contributed by atoms with E-state index in [-0.39, 0.29) is 0 Å². The van der Waals surface area contributed by atoms with E-state index in [1.165, 1.54) is 16.7 Å². The number of nitrogens with zero attached hydrogens (tertiary/aromatic N) is 2. The fourth-order valence-electron chi connectivity index (χ4n) is 2.52. The molecule has 0 amide bonds. The summed E-state index contributed by atoms with van der Waals surface area (Å²) in [5.74, 6) is 0. The van der Waals surface area contributed by atoms with Gasteiger partial charge in [-0.05, 0) is 43.3 Å². The molecule has 0 saturated heterocycles. The first-order valence-corrected chi connectivity index (χ1v) is 8.22. The molecular weight excluding hydrogens is 316 g/mol. The van der Waals surface area contributed by atoms with Crippen molar-refractivity contribution in [2.75, 3.05) is 10.6 Å². The third-order valence-corrected chi connectivity index (χ3v) is 3.91. The quantitative estimate of drug-likeness (QED) is 0.695. The van der Waals surface area contributed by atoms with Crippen LogP contribution in [0, 0.1) is 13.8 Å². The van der Waals surface area contributed by atoms with Crippen LogP contribution < -0.4 is 10.6 Å². The second kappa shape index (κ2) is 7.27. The van der Waals surface area contributed by atoms with Crippen molar-refractivity contribution in [3.63, 3.8) is 0 Å². The van der Waals surface area contributed by atoms with Gasteiger partial charge in [-0.15, -0.1) is 0 Å². The number of anilines is 2. The molecular formula is C19H20N4S. The van der Waals surface area contributed by atoms with Gasteiger partial charge >= 0.3 is 0 Å². The van der Waals surface area contributed by atoms with Gasteiger partial charge in [0.2, 0.25) is 0 Å². The molecule has 1 heterocycles. The molecule has 0 atom stereocenters. The molecule has 4 nitrogen and oxygen atoms in total. The van der Waals surface area contributed by atoms with Gasteiger partial charge in [0.25, 0.3) is 0 Å². The third kappa shape index (κ3) is 4.20. The molecule has 0 bridgehead atoms. The Kier molecular flexibility index (Phi) is 4.91. The largest absolute Gasteiger partial charge is 0.332 e. The molecule has 5 heteroatoms. The summed E-state index contributed by atoms with van der Waals surface area (Å²) in [7, 11) is 0. The average Bonchev–Trinajstić information content (AvgIpc) is 2.98. The Morgan fingerprint density at radius 3 is 2.62 bits per heavy atom. The van der Waals surface area contributed by atoms with Crippen molar-refractivity contribution in [2.45, 2.75) is 20.4 Å². The van der Waals surface area contributed by atoms with E-state index in [0.717, 1.165) is 17.9 Å². The van der Waals surface area contributed by atoms with E-state index in [4.69, 9.17) is 12.2 Å². The summed E-state index contributed by atoms with van der Waals surface area (Å²) in [4.78, 5) is 0. The smallest absolute Gasteiger partial charge is 0.175 e.